The second-order valence-corrected chi connectivity index (χ2v) is 9.84. The normalized spacial score (nSPS) is 14.9. The molecule has 0 spiro atoms. The first kappa shape index (κ1) is 23.8. The maximum Gasteiger partial charge on any atom is 0.242 e. The number of amides is 2. The predicted molar refractivity (Wildman–Crippen MR) is 127 cm³/mol. The fourth-order valence-electron chi connectivity index (χ4n) is 3.73. The first-order chi connectivity index (χ1) is 14.9. The lowest BCUT2D eigenvalue weighted by molar-refractivity contribution is -0.138. The van der Waals surface area contributed by atoms with E-state index >= 15 is 0 Å². The van der Waals surface area contributed by atoms with Crippen LogP contribution in [0.1, 0.15) is 43.7 Å². The summed E-state index contributed by atoms with van der Waals surface area (Å²) in [5.74, 6) is 0.415. The molecule has 1 aliphatic rings. The van der Waals surface area contributed by atoms with Gasteiger partial charge in [0.1, 0.15) is 11.9 Å². The van der Waals surface area contributed by atoms with E-state index in [0.29, 0.717) is 12.3 Å². The third-order valence-corrected chi connectivity index (χ3v) is 7.00. The van der Waals surface area contributed by atoms with Crippen LogP contribution in [0.2, 0.25) is 0 Å². The van der Waals surface area contributed by atoms with Gasteiger partial charge in [0, 0.05) is 22.8 Å². The Morgan fingerprint density at radius 1 is 1.16 bits per heavy atom. The first-order valence-electron chi connectivity index (χ1n) is 10.6. The number of hydrogen-bond acceptors (Lipinski definition) is 3. The van der Waals surface area contributed by atoms with Crippen molar-refractivity contribution in [3.8, 4) is 0 Å². The molecule has 2 amide bonds. The van der Waals surface area contributed by atoms with E-state index in [1.807, 2.05) is 24.3 Å². The van der Waals surface area contributed by atoms with Gasteiger partial charge >= 0.3 is 0 Å². The van der Waals surface area contributed by atoms with Crippen molar-refractivity contribution < 1.29 is 14.0 Å². The molecule has 1 saturated carbocycles. The van der Waals surface area contributed by atoms with Gasteiger partial charge in [-0.1, -0.05) is 53.0 Å². The van der Waals surface area contributed by atoms with Gasteiger partial charge in [-0.3, -0.25) is 9.59 Å². The van der Waals surface area contributed by atoms with Gasteiger partial charge in [-0.25, -0.2) is 4.39 Å². The van der Waals surface area contributed by atoms with E-state index < -0.39 is 6.04 Å². The van der Waals surface area contributed by atoms with Crippen LogP contribution in [0.3, 0.4) is 0 Å². The van der Waals surface area contributed by atoms with E-state index in [0.717, 1.165) is 41.3 Å². The molecule has 1 atom stereocenters. The summed E-state index contributed by atoms with van der Waals surface area (Å²) in [5, 5.41) is 3.11. The SMILES string of the molecule is CC(C(=O)NC1CCCC1)N(Cc1cccc(Br)c1)C(=O)CSCc1ccc(F)cc1. The highest BCUT2D eigenvalue weighted by molar-refractivity contribution is 9.10. The molecule has 7 heteroatoms. The Morgan fingerprint density at radius 2 is 1.87 bits per heavy atom. The van der Waals surface area contributed by atoms with E-state index in [1.165, 1.54) is 23.9 Å². The summed E-state index contributed by atoms with van der Waals surface area (Å²) >= 11 is 4.94. The smallest absolute Gasteiger partial charge is 0.242 e. The summed E-state index contributed by atoms with van der Waals surface area (Å²) in [6.45, 7) is 2.17. The van der Waals surface area contributed by atoms with Crippen LogP contribution in [0.5, 0.6) is 0 Å². The van der Waals surface area contributed by atoms with Crippen molar-refractivity contribution in [1.82, 2.24) is 10.2 Å². The number of carbonyl (C=O) groups excluding carboxylic acids is 2. The number of nitrogens with one attached hydrogen (secondary N) is 1. The molecule has 0 bridgehead atoms. The van der Waals surface area contributed by atoms with E-state index in [9.17, 15) is 14.0 Å². The minimum absolute atomic E-state index is 0.0823. The summed E-state index contributed by atoms with van der Waals surface area (Å²) in [5.41, 5.74) is 1.93. The van der Waals surface area contributed by atoms with Crippen molar-refractivity contribution in [2.45, 2.75) is 57.0 Å². The first-order valence-corrected chi connectivity index (χ1v) is 12.5. The quantitative estimate of drug-likeness (QED) is 0.502. The number of halogens is 2. The molecule has 0 saturated heterocycles. The molecule has 1 unspecified atom stereocenters. The van der Waals surface area contributed by atoms with E-state index in [-0.39, 0.29) is 29.4 Å². The summed E-state index contributed by atoms with van der Waals surface area (Å²) in [4.78, 5) is 27.6. The molecular formula is C24H28BrFN2O2S. The van der Waals surface area contributed by atoms with Crippen LogP contribution in [-0.2, 0) is 21.9 Å². The number of carbonyl (C=O) groups is 2. The monoisotopic (exact) mass is 506 g/mol. The largest absolute Gasteiger partial charge is 0.352 e. The van der Waals surface area contributed by atoms with Gasteiger partial charge in [-0.2, -0.15) is 0 Å². The van der Waals surface area contributed by atoms with Gasteiger partial charge in [-0.05, 0) is 55.2 Å². The zero-order chi connectivity index (χ0) is 22.2. The standard InChI is InChI=1S/C24H28BrFN2O2S/c1-17(24(30)27-22-7-2-3-8-22)28(14-19-5-4-6-20(25)13-19)23(29)16-31-15-18-9-11-21(26)12-10-18/h4-6,9-13,17,22H,2-3,7-8,14-16H2,1H3,(H,27,30). The molecule has 0 heterocycles. The lowest BCUT2D eigenvalue weighted by Gasteiger charge is -2.29. The lowest BCUT2D eigenvalue weighted by atomic mass is 10.1. The van der Waals surface area contributed by atoms with Gasteiger partial charge in [0.25, 0.3) is 0 Å². The van der Waals surface area contributed by atoms with Gasteiger partial charge in [0.15, 0.2) is 0 Å². The molecular weight excluding hydrogens is 479 g/mol. The highest BCUT2D eigenvalue weighted by atomic mass is 79.9. The Morgan fingerprint density at radius 3 is 2.55 bits per heavy atom. The lowest BCUT2D eigenvalue weighted by Crippen LogP contribution is -2.50. The van der Waals surface area contributed by atoms with Crippen LogP contribution in [-0.4, -0.2) is 34.6 Å². The number of hydrogen-bond donors (Lipinski definition) is 1. The molecule has 1 aliphatic carbocycles. The number of benzene rings is 2. The maximum atomic E-state index is 13.1. The van der Waals surface area contributed by atoms with Crippen LogP contribution in [0, 0.1) is 5.82 Å². The molecule has 0 aromatic heterocycles. The Kier molecular flexibility index (Phi) is 8.96. The van der Waals surface area contributed by atoms with Crippen molar-refractivity contribution in [2.24, 2.45) is 0 Å². The molecule has 1 fully saturated rings. The van der Waals surface area contributed by atoms with Crippen LogP contribution >= 0.6 is 27.7 Å². The second kappa shape index (κ2) is 11.7. The van der Waals surface area contributed by atoms with Crippen molar-refractivity contribution in [3.63, 3.8) is 0 Å². The summed E-state index contributed by atoms with van der Waals surface area (Å²) in [7, 11) is 0. The second-order valence-electron chi connectivity index (χ2n) is 7.94. The topological polar surface area (TPSA) is 49.4 Å². The van der Waals surface area contributed by atoms with Crippen molar-refractivity contribution >= 4 is 39.5 Å². The zero-order valence-electron chi connectivity index (χ0n) is 17.7. The van der Waals surface area contributed by atoms with E-state index in [4.69, 9.17) is 0 Å². The fourth-order valence-corrected chi connectivity index (χ4v) is 5.04. The molecule has 4 nitrogen and oxygen atoms in total. The van der Waals surface area contributed by atoms with Gasteiger partial charge < -0.3 is 10.2 Å². The average molecular weight is 507 g/mol. The average Bonchev–Trinajstić information content (AvgIpc) is 3.26. The molecule has 2 aromatic carbocycles. The Bertz CT molecular complexity index is 887. The summed E-state index contributed by atoms with van der Waals surface area (Å²) in [6.07, 6.45) is 4.29. The summed E-state index contributed by atoms with van der Waals surface area (Å²) in [6, 6.07) is 13.7. The Balaban J connectivity index is 1.65. The molecule has 0 radical (unpaired) electrons. The molecule has 2 aromatic rings. The van der Waals surface area contributed by atoms with Crippen LogP contribution < -0.4 is 5.32 Å². The maximum absolute atomic E-state index is 13.1. The molecule has 0 aliphatic heterocycles. The highest BCUT2D eigenvalue weighted by Crippen LogP contribution is 2.20. The van der Waals surface area contributed by atoms with Gasteiger partial charge in [0.2, 0.25) is 11.8 Å². The van der Waals surface area contributed by atoms with Crippen LogP contribution in [0.25, 0.3) is 0 Å². The van der Waals surface area contributed by atoms with Gasteiger partial charge in [0.05, 0.1) is 5.75 Å². The third kappa shape index (κ3) is 7.35. The van der Waals surface area contributed by atoms with Crippen LogP contribution in [0.15, 0.2) is 53.0 Å². The number of thioether (sulfide) groups is 1. The number of rotatable bonds is 9. The van der Waals surface area contributed by atoms with E-state index in [1.54, 1.807) is 24.0 Å². The zero-order valence-corrected chi connectivity index (χ0v) is 20.1. The van der Waals surface area contributed by atoms with Crippen molar-refractivity contribution in [2.75, 3.05) is 5.75 Å². The Hall–Kier alpha value is -1.86. The molecule has 31 heavy (non-hydrogen) atoms. The van der Waals surface area contributed by atoms with Crippen molar-refractivity contribution in [3.05, 3.63) is 69.9 Å². The van der Waals surface area contributed by atoms with Crippen molar-refractivity contribution in [1.29, 1.82) is 0 Å². The van der Waals surface area contributed by atoms with E-state index in [2.05, 4.69) is 21.2 Å². The van der Waals surface area contributed by atoms with Crippen LogP contribution in [0.4, 0.5) is 4.39 Å². The minimum Gasteiger partial charge on any atom is -0.352 e. The number of nitrogens with zero attached hydrogens (tertiary/aromatic N) is 1. The van der Waals surface area contributed by atoms with Gasteiger partial charge in [-0.15, -0.1) is 11.8 Å². The fraction of sp³-hybridized carbons (Fsp3) is 0.417. The molecule has 3 rings (SSSR count). The molecule has 166 valence electrons. The third-order valence-electron chi connectivity index (χ3n) is 5.52. The Labute approximate surface area is 196 Å². The minimum atomic E-state index is -0.557. The predicted octanol–water partition coefficient (Wildman–Crippen LogP) is 5.30. The molecule has 1 N–H and O–H groups in total. The summed E-state index contributed by atoms with van der Waals surface area (Å²) < 4.78 is 14.0. The highest BCUT2D eigenvalue weighted by Gasteiger charge is 2.28.